The zero-order valence-corrected chi connectivity index (χ0v) is 18.2. The lowest BCUT2D eigenvalue weighted by Crippen LogP contribution is -2.32. The van der Waals surface area contributed by atoms with Gasteiger partial charge in [-0.05, 0) is 42.7 Å². The molecule has 164 valence electrons. The van der Waals surface area contributed by atoms with Crippen LogP contribution >= 0.6 is 11.6 Å². The predicted molar refractivity (Wildman–Crippen MR) is 120 cm³/mol. The Bertz CT molecular complexity index is 1140. The molecule has 3 aromatic rings. The van der Waals surface area contributed by atoms with E-state index in [0.717, 1.165) is 29.7 Å². The van der Waals surface area contributed by atoms with E-state index >= 15 is 0 Å². The van der Waals surface area contributed by atoms with Crippen LogP contribution in [0, 0.1) is 5.92 Å². The Morgan fingerprint density at radius 3 is 2.75 bits per heavy atom. The Balaban J connectivity index is 1.24. The molecule has 1 aliphatic heterocycles. The van der Waals surface area contributed by atoms with Gasteiger partial charge >= 0.3 is 0 Å². The summed E-state index contributed by atoms with van der Waals surface area (Å²) >= 11 is 5.90. The van der Waals surface area contributed by atoms with Gasteiger partial charge in [0.1, 0.15) is 0 Å². The molecule has 2 amide bonds. The van der Waals surface area contributed by atoms with E-state index in [1.54, 1.807) is 17.0 Å². The van der Waals surface area contributed by atoms with E-state index in [1.807, 2.05) is 36.4 Å². The zero-order chi connectivity index (χ0) is 22.1. The molecule has 5 rings (SSSR count). The number of hydrogen-bond donors (Lipinski definition) is 1. The number of halogens is 1. The number of hydrogen-bond acceptors (Lipinski definition) is 5. The molecule has 0 radical (unpaired) electrons. The van der Waals surface area contributed by atoms with E-state index in [-0.39, 0.29) is 18.2 Å². The van der Waals surface area contributed by atoms with Gasteiger partial charge < -0.3 is 14.7 Å². The van der Waals surface area contributed by atoms with Gasteiger partial charge in [-0.2, -0.15) is 4.98 Å². The predicted octanol–water partition coefficient (Wildman–Crippen LogP) is 4.33. The van der Waals surface area contributed by atoms with E-state index in [1.165, 1.54) is 6.42 Å². The van der Waals surface area contributed by atoms with Gasteiger partial charge in [-0.15, -0.1) is 0 Å². The molecule has 1 aromatic heterocycles. The highest BCUT2D eigenvalue weighted by molar-refractivity contribution is 6.30. The summed E-state index contributed by atoms with van der Waals surface area (Å²) in [5.41, 5.74) is 2.48. The molecule has 1 aliphatic carbocycles. The first-order valence-electron chi connectivity index (χ1n) is 10.8. The molecule has 2 heterocycles. The first kappa shape index (κ1) is 20.7. The molecule has 0 spiro atoms. The molecule has 2 fully saturated rings. The second kappa shape index (κ2) is 8.74. The van der Waals surface area contributed by atoms with Gasteiger partial charge in [0.15, 0.2) is 0 Å². The smallest absolute Gasteiger partial charge is 0.230 e. The Kier molecular flexibility index (Phi) is 5.66. The van der Waals surface area contributed by atoms with Gasteiger partial charge in [0.25, 0.3) is 0 Å². The lowest BCUT2D eigenvalue weighted by molar-refractivity contribution is -0.126. The van der Waals surface area contributed by atoms with E-state index in [9.17, 15) is 9.59 Å². The van der Waals surface area contributed by atoms with Crippen molar-refractivity contribution in [1.82, 2.24) is 15.5 Å². The zero-order valence-electron chi connectivity index (χ0n) is 17.5. The minimum atomic E-state index is -0.395. The maximum Gasteiger partial charge on any atom is 0.230 e. The number of amides is 2. The normalized spacial score (nSPS) is 18.6. The Morgan fingerprint density at radius 2 is 2.00 bits per heavy atom. The Labute approximate surface area is 190 Å². The SMILES string of the molecule is O=C(NCc1ccc(Cl)cc1)[C@H]1CC(=O)N(c2cccc(-c3noc(C4CCC4)n3)c2)C1. The number of carbonyl (C=O) groups is 2. The molecule has 8 heteroatoms. The largest absolute Gasteiger partial charge is 0.352 e. The number of aromatic nitrogens is 2. The van der Waals surface area contributed by atoms with Gasteiger partial charge in [-0.3, -0.25) is 9.59 Å². The van der Waals surface area contributed by atoms with E-state index in [4.69, 9.17) is 16.1 Å². The summed E-state index contributed by atoms with van der Waals surface area (Å²) in [5.74, 6) is 0.983. The van der Waals surface area contributed by atoms with Crippen molar-refractivity contribution in [2.75, 3.05) is 11.4 Å². The van der Waals surface area contributed by atoms with Crippen molar-refractivity contribution >= 4 is 29.1 Å². The minimum Gasteiger partial charge on any atom is -0.352 e. The van der Waals surface area contributed by atoms with Crippen LogP contribution in [0.25, 0.3) is 11.4 Å². The molecular formula is C24H23ClN4O3. The average Bonchev–Trinajstić information content (AvgIpc) is 3.39. The Hall–Kier alpha value is -3.19. The van der Waals surface area contributed by atoms with E-state index in [2.05, 4.69) is 15.5 Å². The fourth-order valence-electron chi connectivity index (χ4n) is 4.05. The van der Waals surface area contributed by atoms with Crippen molar-refractivity contribution in [2.24, 2.45) is 5.92 Å². The minimum absolute atomic E-state index is 0.0722. The van der Waals surface area contributed by atoms with Crippen LogP contribution in [0.2, 0.25) is 5.02 Å². The molecule has 2 aliphatic rings. The number of carbonyl (C=O) groups excluding carboxylic acids is 2. The quantitative estimate of drug-likeness (QED) is 0.604. The van der Waals surface area contributed by atoms with Crippen LogP contribution < -0.4 is 10.2 Å². The highest BCUT2D eigenvalue weighted by atomic mass is 35.5. The first-order valence-corrected chi connectivity index (χ1v) is 11.2. The molecule has 1 saturated carbocycles. The van der Waals surface area contributed by atoms with Crippen LogP contribution in [-0.4, -0.2) is 28.5 Å². The summed E-state index contributed by atoms with van der Waals surface area (Å²) < 4.78 is 5.43. The molecule has 32 heavy (non-hydrogen) atoms. The van der Waals surface area contributed by atoms with E-state index in [0.29, 0.717) is 35.7 Å². The van der Waals surface area contributed by atoms with Crippen LogP contribution in [0.1, 0.15) is 43.1 Å². The van der Waals surface area contributed by atoms with Crippen molar-refractivity contribution in [3.8, 4) is 11.4 Å². The molecule has 7 nitrogen and oxygen atoms in total. The molecule has 0 unspecified atom stereocenters. The van der Waals surface area contributed by atoms with E-state index < -0.39 is 5.92 Å². The summed E-state index contributed by atoms with van der Waals surface area (Å²) in [6, 6.07) is 14.8. The highest BCUT2D eigenvalue weighted by Crippen LogP contribution is 2.36. The van der Waals surface area contributed by atoms with Crippen molar-refractivity contribution in [2.45, 2.75) is 38.1 Å². The number of rotatable bonds is 6. The third-order valence-electron chi connectivity index (χ3n) is 6.19. The molecule has 1 atom stereocenters. The Morgan fingerprint density at radius 1 is 1.19 bits per heavy atom. The summed E-state index contributed by atoms with van der Waals surface area (Å²) in [5, 5.41) is 7.69. The van der Waals surface area contributed by atoms with Gasteiger partial charge in [0, 0.05) is 41.7 Å². The number of benzene rings is 2. The van der Waals surface area contributed by atoms with Crippen molar-refractivity contribution < 1.29 is 14.1 Å². The second-order valence-electron chi connectivity index (χ2n) is 8.38. The lowest BCUT2D eigenvalue weighted by Gasteiger charge is -2.20. The summed E-state index contributed by atoms with van der Waals surface area (Å²) in [7, 11) is 0. The maximum absolute atomic E-state index is 12.7. The monoisotopic (exact) mass is 450 g/mol. The number of nitrogens with one attached hydrogen (secondary N) is 1. The van der Waals surface area contributed by atoms with Gasteiger partial charge in [0.05, 0.1) is 5.92 Å². The maximum atomic E-state index is 12.7. The fourth-order valence-corrected chi connectivity index (χ4v) is 4.18. The van der Waals surface area contributed by atoms with Crippen molar-refractivity contribution in [1.29, 1.82) is 0 Å². The van der Waals surface area contributed by atoms with Crippen molar-refractivity contribution in [3.05, 3.63) is 65.0 Å². The topological polar surface area (TPSA) is 88.3 Å². The standard InChI is InChI=1S/C24H23ClN4O3/c25-19-9-7-15(8-10-19)13-26-23(31)18-12-21(30)29(14-18)20-6-2-5-17(11-20)22-27-24(32-28-22)16-3-1-4-16/h2,5-11,16,18H,1,3-4,12-14H2,(H,26,31)/t18-/m0/s1. The third kappa shape index (κ3) is 4.25. The molecular weight excluding hydrogens is 428 g/mol. The van der Waals surface area contributed by atoms with Gasteiger partial charge in [-0.25, -0.2) is 0 Å². The highest BCUT2D eigenvalue weighted by Gasteiger charge is 2.35. The number of nitrogens with zero attached hydrogens (tertiary/aromatic N) is 3. The molecule has 1 N–H and O–H groups in total. The van der Waals surface area contributed by atoms with Crippen LogP contribution in [0.4, 0.5) is 5.69 Å². The third-order valence-corrected chi connectivity index (χ3v) is 6.44. The lowest BCUT2D eigenvalue weighted by atomic mass is 9.85. The molecule has 2 aromatic carbocycles. The number of anilines is 1. The first-order chi connectivity index (χ1) is 15.6. The van der Waals surface area contributed by atoms with Crippen molar-refractivity contribution in [3.63, 3.8) is 0 Å². The van der Waals surface area contributed by atoms with Crippen LogP contribution in [0.5, 0.6) is 0 Å². The molecule has 1 saturated heterocycles. The van der Waals surface area contributed by atoms with Crippen LogP contribution in [0.3, 0.4) is 0 Å². The summed E-state index contributed by atoms with van der Waals surface area (Å²) in [6.07, 6.45) is 3.56. The summed E-state index contributed by atoms with van der Waals surface area (Å²) in [4.78, 5) is 31.5. The van der Waals surface area contributed by atoms with Crippen LogP contribution in [0.15, 0.2) is 53.1 Å². The second-order valence-corrected chi connectivity index (χ2v) is 8.82. The van der Waals surface area contributed by atoms with Crippen LogP contribution in [-0.2, 0) is 16.1 Å². The fraction of sp³-hybridized carbons (Fsp3) is 0.333. The molecule has 0 bridgehead atoms. The van der Waals surface area contributed by atoms with Gasteiger partial charge in [-0.1, -0.05) is 47.4 Å². The van der Waals surface area contributed by atoms with Gasteiger partial charge in [0.2, 0.25) is 23.5 Å². The summed E-state index contributed by atoms with van der Waals surface area (Å²) in [6.45, 7) is 0.742. The average molecular weight is 451 g/mol.